The van der Waals surface area contributed by atoms with Gasteiger partial charge in [0, 0.05) is 43.4 Å². The van der Waals surface area contributed by atoms with Crippen LogP contribution in [0.5, 0.6) is 0 Å². The van der Waals surface area contributed by atoms with Crippen molar-refractivity contribution in [1.82, 2.24) is 9.29 Å². The third kappa shape index (κ3) is 6.33. The fourth-order valence-electron chi connectivity index (χ4n) is 2.69. The van der Waals surface area contributed by atoms with Crippen LogP contribution in [0.4, 0.5) is 11.4 Å². The van der Waals surface area contributed by atoms with Crippen molar-refractivity contribution in [2.45, 2.75) is 20.4 Å². The first kappa shape index (κ1) is 20.9. The van der Waals surface area contributed by atoms with E-state index in [0.29, 0.717) is 5.69 Å². The van der Waals surface area contributed by atoms with Gasteiger partial charge in [-0.05, 0) is 49.7 Å². The first-order valence-electron chi connectivity index (χ1n) is 8.82. The van der Waals surface area contributed by atoms with E-state index in [1.807, 2.05) is 24.3 Å². The van der Waals surface area contributed by atoms with Crippen molar-refractivity contribution < 1.29 is 13.2 Å². The fraction of sp³-hybridized carbons (Fsp3) is 0.368. The predicted molar refractivity (Wildman–Crippen MR) is 108 cm³/mol. The second kappa shape index (κ2) is 9.48. The van der Waals surface area contributed by atoms with Crippen molar-refractivity contribution in [3.63, 3.8) is 0 Å². The van der Waals surface area contributed by atoms with Crippen molar-refractivity contribution in [2.75, 3.05) is 36.1 Å². The van der Waals surface area contributed by atoms with E-state index in [-0.39, 0.29) is 19.0 Å². The van der Waals surface area contributed by atoms with E-state index in [0.717, 1.165) is 34.9 Å². The van der Waals surface area contributed by atoms with Gasteiger partial charge < -0.3 is 10.2 Å². The Labute approximate surface area is 161 Å². The van der Waals surface area contributed by atoms with Crippen LogP contribution < -0.4 is 10.2 Å². The maximum Gasteiger partial charge on any atom is 0.239 e. The van der Waals surface area contributed by atoms with E-state index < -0.39 is 10.0 Å². The fourth-order valence-corrected chi connectivity index (χ4v) is 3.43. The number of anilines is 2. The number of hydrogen-bond donors (Lipinski definition) is 1. The van der Waals surface area contributed by atoms with Gasteiger partial charge in [-0.2, -0.15) is 4.31 Å². The molecule has 0 fully saturated rings. The topological polar surface area (TPSA) is 82.6 Å². The average molecular weight is 391 g/mol. The molecule has 0 aliphatic heterocycles. The minimum atomic E-state index is -3.54. The zero-order valence-corrected chi connectivity index (χ0v) is 16.7. The molecule has 0 saturated heterocycles. The van der Waals surface area contributed by atoms with Crippen LogP contribution in [0.2, 0.25) is 0 Å². The molecule has 1 N–H and O–H groups in total. The summed E-state index contributed by atoms with van der Waals surface area (Å²) in [6, 6.07) is 11.0. The Morgan fingerprint density at radius 2 is 1.78 bits per heavy atom. The molecular formula is C19H26N4O3S. The molecule has 0 atom stereocenters. The van der Waals surface area contributed by atoms with Gasteiger partial charge >= 0.3 is 0 Å². The van der Waals surface area contributed by atoms with E-state index in [9.17, 15) is 13.2 Å². The molecule has 0 radical (unpaired) electrons. The number of hydrogen-bond acceptors (Lipinski definition) is 5. The number of rotatable bonds is 9. The molecule has 0 aliphatic rings. The monoisotopic (exact) mass is 390 g/mol. The first-order valence-corrected chi connectivity index (χ1v) is 10.7. The van der Waals surface area contributed by atoms with Gasteiger partial charge in [0.1, 0.15) is 0 Å². The third-order valence-corrected chi connectivity index (χ3v) is 5.35. The molecule has 0 spiro atoms. The second-order valence-electron chi connectivity index (χ2n) is 6.16. The first-order chi connectivity index (χ1) is 12.8. The van der Waals surface area contributed by atoms with Gasteiger partial charge in [0.25, 0.3) is 0 Å². The summed E-state index contributed by atoms with van der Waals surface area (Å²) < 4.78 is 25.2. The zero-order valence-electron chi connectivity index (χ0n) is 15.9. The highest BCUT2D eigenvalue weighted by atomic mass is 32.2. The summed E-state index contributed by atoms with van der Waals surface area (Å²) >= 11 is 0. The summed E-state index contributed by atoms with van der Waals surface area (Å²) in [6.45, 7) is 5.81. The van der Waals surface area contributed by atoms with Gasteiger partial charge in [-0.1, -0.05) is 6.07 Å². The Hall–Kier alpha value is -2.45. The number of nitrogens with zero attached hydrogens (tertiary/aromatic N) is 3. The van der Waals surface area contributed by atoms with Crippen LogP contribution in [0, 0.1) is 0 Å². The molecule has 27 heavy (non-hydrogen) atoms. The van der Waals surface area contributed by atoms with E-state index in [1.54, 1.807) is 24.5 Å². The number of amides is 1. The number of aromatic nitrogens is 1. The largest absolute Gasteiger partial charge is 0.372 e. The Kier molecular flexibility index (Phi) is 7.32. The van der Waals surface area contributed by atoms with Crippen molar-refractivity contribution in [1.29, 1.82) is 0 Å². The minimum Gasteiger partial charge on any atom is -0.372 e. The molecule has 1 aromatic carbocycles. The standard InChI is InChI=1S/C19H26N4O3S/c1-4-22(5-2)18-10-8-17(9-11-18)21-19(24)15-23(27(3,25)26)14-16-7-6-12-20-13-16/h6-13H,4-5,14-15H2,1-3H3,(H,21,24). The molecule has 1 aromatic heterocycles. The summed E-state index contributed by atoms with van der Waals surface area (Å²) in [4.78, 5) is 18.5. The lowest BCUT2D eigenvalue weighted by molar-refractivity contribution is -0.116. The quantitative estimate of drug-likeness (QED) is 0.711. The molecule has 2 rings (SSSR count). The van der Waals surface area contributed by atoms with E-state index >= 15 is 0 Å². The van der Waals surface area contributed by atoms with Crippen molar-refractivity contribution in [2.24, 2.45) is 0 Å². The Balaban J connectivity index is 2.03. The highest BCUT2D eigenvalue weighted by Crippen LogP contribution is 2.18. The number of pyridine rings is 1. The number of benzene rings is 1. The minimum absolute atomic E-state index is 0.0982. The third-order valence-electron chi connectivity index (χ3n) is 4.15. The maximum absolute atomic E-state index is 12.3. The van der Waals surface area contributed by atoms with E-state index in [4.69, 9.17) is 0 Å². The molecule has 1 amide bonds. The highest BCUT2D eigenvalue weighted by Gasteiger charge is 2.20. The van der Waals surface area contributed by atoms with E-state index in [2.05, 4.69) is 29.0 Å². The molecule has 2 aromatic rings. The molecule has 7 nitrogen and oxygen atoms in total. The predicted octanol–water partition coefficient (Wildman–Crippen LogP) is 2.33. The average Bonchev–Trinajstić information content (AvgIpc) is 2.63. The van der Waals surface area contributed by atoms with Crippen LogP contribution in [-0.2, 0) is 21.4 Å². The molecule has 1 heterocycles. The van der Waals surface area contributed by atoms with Gasteiger partial charge in [0.2, 0.25) is 15.9 Å². The van der Waals surface area contributed by atoms with Crippen LogP contribution in [0.15, 0.2) is 48.8 Å². The van der Waals surface area contributed by atoms with Crippen LogP contribution in [0.3, 0.4) is 0 Å². The molecule has 8 heteroatoms. The molecule has 0 unspecified atom stereocenters. The van der Waals surface area contributed by atoms with Gasteiger partial charge in [0.05, 0.1) is 12.8 Å². The lowest BCUT2D eigenvalue weighted by Crippen LogP contribution is -2.36. The van der Waals surface area contributed by atoms with Crippen molar-refractivity contribution in [3.8, 4) is 0 Å². The summed E-state index contributed by atoms with van der Waals surface area (Å²) in [5.41, 5.74) is 2.43. The smallest absolute Gasteiger partial charge is 0.239 e. The number of carbonyl (C=O) groups is 1. The zero-order chi connectivity index (χ0) is 19.9. The van der Waals surface area contributed by atoms with Crippen LogP contribution in [-0.4, -0.2) is 49.5 Å². The summed E-state index contributed by atoms with van der Waals surface area (Å²) in [6.07, 6.45) is 4.29. The lowest BCUT2D eigenvalue weighted by Gasteiger charge is -2.21. The normalized spacial score (nSPS) is 11.4. The molecule has 146 valence electrons. The second-order valence-corrected chi connectivity index (χ2v) is 8.14. The molecule has 0 bridgehead atoms. The van der Waals surface area contributed by atoms with Crippen LogP contribution >= 0.6 is 0 Å². The van der Waals surface area contributed by atoms with Gasteiger partial charge in [-0.3, -0.25) is 9.78 Å². The Bertz CT molecular complexity index is 835. The van der Waals surface area contributed by atoms with Crippen LogP contribution in [0.1, 0.15) is 19.4 Å². The SMILES string of the molecule is CCN(CC)c1ccc(NC(=O)CN(Cc2cccnc2)S(C)(=O)=O)cc1. The van der Waals surface area contributed by atoms with Crippen molar-refractivity contribution in [3.05, 3.63) is 54.4 Å². The Morgan fingerprint density at radius 3 is 2.30 bits per heavy atom. The maximum atomic E-state index is 12.3. The van der Waals surface area contributed by atoms with Crippen molar-refractivity contribution >= 4 is 27.3 Å². The number of nitrogens with one attached hydrogen (secondary N) is 1. The summed E-state index contributed by atoms with van der Waals surface area (Å²) in [5, 5.41) is 2.75. The number of carbonyl (C=O) groups excluding carboxylic acids is 1. The van der Waals surface area contributed by atoms with E-state index in [1.165, 1.54) is 0 Å². The number of sulfonamides is 1. The lowest BCUT2D eigenvalue weighted by atomic mass is 10.2. The molecule has 0 aliphatic carbocycles. The highest BCUT2D eigenvalue weighted by molar-refractivity contribution is 7.88. The van der Waals surface area contributed by atoms with Crippen LogP contribution in [0.25, 0.3) is 0 Å². The van der Waals surface area contributed by atoms with Gasteiger partial charge in [-0.25, -0.2) is 8.42 Å². The molecular weight excluding hydrogens is 364 g/mol. The molecule has 0 saturated carbocycles. The van der Waals surface area contributed by atoms with Gasteiger partial charge in [0.15, 0.2) is 0 Å². The van der Waals surface area contributed by atoms with Gasteiger partial charge in [-0.15, -0.1) is 0 Å². The summed E-state index contributed by atoms with van der Waals surface area (Å²) in [7, 11) is -3.54. The Morgan fingerprint density at radius 1 is 1.11 bits per heavy atom. The summed E-state index contributed by atoms with van der Waals surface area (Å²) in [5.74, 6) is -0.389.